The number of benzene rings is 1. The monoisotopic (exact) mass is 271 g/mol. The van der Waals surface area contributed by atoms with Crippen LogP contribution in [0, 0.1) is 0 Å². The molecule has 0 radical (unpaired) electrons. The van der Waals surface area contributed by atoms with E-state index in [1.165, 1.54) is 0 Å². The zero-order valence-electron chi connectivity index (χ0n) is 8.95. The Morgan fingerprint density at radius 3 is 2.59 bits per heavy atom. The molecule has 17 heavy (non-hydrogen) atoms. The van der Waals surface area contributed by atoms with Crippen LogP contribution in [0.3, 0.4) is 0 Å². The fourth-order valence-electron chi connectivity index (χ4n) is 1.39. The number of halogens is 2. The van der Waals surface area contributed by atoms with Crippen molar-refractivity contribution in [2.45, 2.75) is 6.42 Å². The largest absolute Gasteiger partial charge is 0.396 e. The molecule has 0 aliphatic heterocycles. The molecule has 0 amide bonds. The van der Waals surface area contributed by atoms with Gasteiger partial charge in [-0.25, -0.2) is 4.98 Å². The van der Waals surface area contributed by atoms with Crippen LogP contribution in [0.25, 0.3) is 11.0 Å². The molecule has 0 saturated carbocycles. The second-order valence-corrected chi connectivity index (χ2v) is 4.33. The standard InChI is InChI=1S/C11H11Cl2N3O/c12-7-4-9-10(5-8(7)13)16-11(6-15-9)14-2-1-3-17/h4-6,17H,1-3H2,(H,14,16). The lowest BCUT2D eigenvalue weighted by Crippen LogP contribution is -2.05. The Labute approximate surface area is 109 Å². The summed E-state index contributed by atoms with van der Waals surface area (Å²) in [6.07, 6.45) is 2.30. The first kappa shape index (κ1) is 12.4. The Hall–Kier alpha value is -1.10. The van der Waals surface area contributed by atoms with Gasteiger partial charge >= 0.3 is 0 Å². The predicted octanol–water partition coefficient (Wildman–Crippen LogP) is 2.73. The number of hydrogen-bond donors (Lipinski definition) is 2. The Kier molecular flexibility index (Phi) is 3.99. The predicted molar refractivity (Wildman–Crippen MR) is 69.8 cm³/mol. The molecule has 0 bridgehead atoms. The summed E-state index contributed by atoms with van der Waals surface area (Å²) in [5.41, 5.74) is 1.39. The van der Waals surface area contributed by atoms with Crippen molar-refractivity contribution in [3.63, 3.8) is 0 Å². The van der Waals surface area contributed by atoms with Crippen LogP contribution < -0.4 is 5.32 Å². The number of aliphatic hydroxyl groups is 1. The third-order valence-electron chi connectivity index (χ3n) is 2.23. The van der Waals surface area contributed by atoms with Crippen LogP contribution in [-0.4, -0.2) is 28.2 Å². The summed E-state index contributed by atoms with van der Waals surface area (Å²) in [5.74, 6) is 0.657. The van der Waals surface area contributed by atoms with Crippen LogP contribution >= 0.6 is 23.2 Å². The molecule has 0 saturated heterocycles. The number of aromatic nitrogens is 2. The van der Waals surface area contributed by atoms with Crippen molar-refractivity contribution in [2.75, 3.05) is 18.5 Å². The van der Waals surface area contributed by atoms with Crippen molar-refractivity contribution in [1.82, 2.24) is 9.97 Å². The van der Waals surface area contributed by atoms with Crippen LogP contribution in [0.15, 0.2) is 18.3 Å². The third-order valence-corrected chi connectivity index (χ3v) is 2.95. The van der Waals surface area contributed by atoms with E-state index >= 15 is 0 Å². The normalized spacial score (nSPS) is 10.8. The molecule has 0 unspecified atom stereocenters. The van der Waals surface area contributed by atoms with Gasteiger partial charge in [0, 0.05) is 13.2 Å². The number of hydrogen-bond acceptors (Lipinski definition) is 4. The topological polar surface area (TPSA) is 58.0 Å². The van der Waals surface area contributed by atoms with E-state index in [-0.39, 0.29) is 6.61 Å². The molecular weight excluding hydrogens is 261 g/mol. The van der Waals surface area contributed by atoms with Gasteiger partial charge in [-0.3, -0.25) is 4.98 Å². The Morgan fingerprint density at radius 2 is 1.88 bits per heavy atom. The van der Waals surface area contributed by atoms with Gasteiger partial charge in [-0.1, -0.05) is 23.2 Å². The van der Waals surface area contributed by atoms with Crippen LogP contribution in [0.4, 0.5) is 5.82 Å². The van der Waals surface area contributed by atoms with Gasteiger partial charge < -0.3 is 10.4 Å². The minimum atomic E-state index is 0.148. The first-order valence-corrected chi connectivity index (χ1v) is 5.93. The van der Waals surface area contributed by atoms with E-state index in [9.17, 15) is 0 Å². The molecule has 4 nitrogen and oxygen atoms in total. The lowest BCUT2D eigenvalue weighted by molar-refractivity contribution is 0.292. The first-order chi connectivity index (χ1) is 8.20. The number of fused-ring (bicyclic) bond motifs is 1. The van der Waals surface area contributed by atoms with E-state index in [0.717, 1.165) is 0 Å². The quantitative estimate of drug-likeness (QED) is 0.840. The van der Waals surface area contributed by atoms with Crippen molar-refractivity contribution < 1.29 is 5.11 Å². The van der Waals surface area contributed by atoms with E-state index < -0.39 is 0 Å². The summed E-state index contributed by atoms with van der Waals surface area (Å²) in [7, 11) is 0. The molecule has 0 aliphatic carbocycles. The maximum atomic E-state index is 8.67. The van der Waals surface area contributed by atoms with Gasteiger partial charge in [0.05, 0.1) is 27.3 Å². The third kappa shape index (κ3) is 2.97. The number of nitrogens with one attached hydrogen (secondary N) is 1. The number of aliphatic hydroxyl groups excluding tert-OH is 1. The van der Waals surface area contributed by atoms with E-state index in [2.05, 4.69) is 15.3 Å². The lowest BCUT2D eigenvalue weighted by Gasteiger charge is -2.05. The molecule has 0 atom stereocenters. The highest BCUT2D eigenvalue weighted by Gasteiger charge is 2.04. The first-order valence-electron chi connectivity index (χ1n) is 5.17. The second-order valence-electron chi connectivity index (χ2n) is 3.51. The number of anilines is 1. The van der Waals surface area contributed by atoms with Crippen LogP contribution in [-0.2, 0) is 0 Å². The van der Waals surface area contributed by atoms with E-state index in [1.54, 1.807) is 18.3 Å². The van der Waals surface area contributed by atoms with Crippen molar-refractivity contribution in [1.29, 1.82) is 0 Å². The van der Waals surface area contributed by atoms with Crippen LogP contribution in [0.1, 0.15) is 6.42 Å². The van der Waals surface area contributed by atoms with E-state index in [1.807, 2.05) is 0 Å². The van der Waals surface area contributed by atoms with Crippen LogP contribution in [0.5, 0.6) is 0 Å². The molecular formula is C11H11Cl2N3O. The molecule has 0 aliphatic rings. The second kappa shape index (κ2) is 5.49. The number of nitrogens with zero attached hydrogens (tertiary/aromatic N) is 2. The molecule has 90 valence electrons. The maximum absolute atomic E-state index is 8.67. The van der Waals surface area contributed by atoms with Crippen molar-refractivity contribution in [3.8, 4) is 0 Å². The van der Waals surface area contributed by atoms with Gasteiger partial charge in [0.2, 0.25) is 0 Å². The number of rotatable bonds is 4. The molecule has 1 heterocycles. The van der Waals surface area contributed by atoms with Crippen molar-refractivity contribution >= 4 is 40.1 Å². The average molecular weight is 272 g/mol. The van der Waals surface area contributed by atoms with Crippen molar-refractivity contribution in [3.05, 3.63) is 28.4 Å². The Bertz CT molecular complexity index is 533. The van der Waals surface area contributed by atoms with Crippen LogP contribution in [0.2, 0.25) is 10.0 Å². The fourth-order valence-corrected chi connectivity index (χ4v) is 1.70. The maximum Gasteiger partial charge on any atom is 0.145 e. The summed E-state index contributed by atoms with van der Waals surface area (Å²) < 4.78 is 0. The fraction of sp³-hybridized carbons (Fsp3) is 0.273. The molecule has 0 spiro atoms. The van der Waals surface area contributed by atoms with Gasteiger partial charge in [-0.15, -0.1) is 0 Å². The lowest BCUT2D eigenvalue weighted by atomic mass is 10.3. The van der Waals surface area contributed by atoms with Crippen molar-refractivity contribution in [2.24, 2.45) is 0 Å². The van der Waals surface area contributed by atoms with E-state index in [4.69, 9.17) is 28.3 Å². The molecule has 2 rings (SSSR count). The minimum Gasteiger partial charge on any atom is -0.396 e. The molecule has 2 N–H and O–H groups in total. The highest BCUT2D eigenvalue weighted by Crippen LogP contribution is 2.26. The summed E-state index contributed by atoms with van der Waals surface area (Å²) in [5, 5.41) is 12.7. The highest BCUT2D eigenvalue weighted by molar-refractivity contribution is 6.42. The Balaban J connectivity index is 2.27. The smallest absolute Gasteiger partial charge is 0.145 e. The van der Waals surface area contributed by atoms with Gasteiger partial charge in [0.1, 0.15) is 5.82 Å². The van der Waals surface area contributed by atoms with Gasteiger partial charge in [0.15, 0.2) is 0 Å². The summed E-state index contributed by atoms with van der Waals surface area (Å²) in [4.78, 5) is 8.58. The Morgan fingerprint density at radius 1 is 1.18 bits per heavy atom. The van der Waals surface area contributed by atoms with Gasteiger partial charge in [-0.2, -0.15) is 0 Å². The highest BCUT2D eigenvalue weighted by atomic mass is 35.5. The zero-order valence-corrected chi connectivity index (χ0v) is 10.5. The summed E-state index contributed by atoms with van der Waals surface area (Å²) >= 11 is 11.8. The average Bonchev–Trinajstić information content (AvgIpc) is 2.31. The summed E-state index contributed by atoms with van der Waals surface area (Å²) in [6.45, 7) is 0.799. The molecule has 6 heteroatoms. The SMILES string of the molecule is OCCCNc1cnc2cc(Cl)c(Cl)cc2n1. The molecule has 2 aromatic rings. The molecule has 0 fully saturated rings. The molecule has 1 aromatic carbocycles. The zero-order chi connectivity index (χ0) is 12.3. The van der Waals surface area contributed by atoms with Gasteiger partial charge in [0.25, 0.3) is 0 Å². The van der Waals surface area contributed by atoms with E-state index in [0.29, 0.717) is 39.9 Å². The molecule has 1 aromatic heterocycles. The van der Waals surface area contributed by atoms with Gasteiger partial charge in [-0.05, 0) is 18.6 Å². The summed E-state index contributed by atoms with van der Waals surface area (Å²) in [6, 6.07) is 3.37. The minimum absolute atomic E-state index is 0.148.